The Morgan fingerprint density at radius 1 is 1.28 bits per heavy atom. The van der Waals surface area contributed by atoms with Crippen LogP contribution in [0.4, 0.5) is 4.39 Å². The number of aromatic nitrogens is 1. The summed E-state index contributed by atoms with van der Waals surface area (Å²) in [7, 11) is 0. The van der Waals surface area contributed by atoms with Crippen LogP contribution in [0.3, 0.4) is 0 Å². The van der Waals surface area contributed by atoms with Gasteiger partial charge in [0.2, 0.25) is 0 Å². The van der Waals surface area contributed by atoms with Crippen molar-refractivity contribution < 1.29 is 13.6 Å². The zero-order chi connectivity index (χ0) is 17.8. The molecule has 130 valence electrons. The zero-order valence-electron chi connectivity index (χ0n) is 14.9. The van der Waals surface area contributed by atoms with Crippen molar-refractivity contribution in [3.05, 3.63) is 64.6 Å². The molecule has 0 spiro atoms. The van der Waals surface area contributed by atoms with E-state index in [9.17, 15) is 9.18 Å². The Hall–Kier alpha value is -2.23. The molecule has 0 amide bonds. The lowest BCUT2D eigenvalue weighted by atomic mass is 9.58. The molecule has 3 nitrogen and oxygen atoms in total. The third kappa shape index (κ3) is 2.30. The molecule has 0 N–H and O–H groups in total. The van der Waals surface area contributed by atoms with E-state index in [4.69, 9.17) is 4.42 Å². The lowest BCUT2D eigenvalue weighted by molar-refractivity contribution is -0.118. The van der Waals surface area contributed by atoms with E-state index < -0.39 is 5.41 Å². The number of ketones is 1. The van der Waals surface area contributed by atoms with Gasteiger partial charge in [-0.3, -0.25) is 4.79 Å². The van der Waals surface area contributed by atoms with E-state index in [0.717, 1.165) is 28.8 Å². The molecule has 1 unspecified atom stereocenters. The largest absolute Gasteiger partial charge is 0.447 e. The lowest BCUT2D eigenvalue weighted by Gasteiger charge is -2.43. The predicted molar refractivity (Wildman–Crippen MR) is 92.7 cm³/mol. The maximum Gasteiger partial charge on any atom is 0.181 e. The summed E-state index contributed by atoms with van der Waals surface area (Å²) >= 11 is 0. The normalized spacial score (nSPS) is 24.9. The van der Waals surface area contributed by atoms with Crippen molar-refractivity contribution in [2.45, 2.75) is 51.9 Å². The number of hydrogen-bond acceptors (Lipinski definition) is 3. The molecule has 1 aromatic carbocycles. The van der Waals surface area contributed by atoms with Crippen molar-refractivity contribution in [2.75, 3.05) is 0 Å². The number of rotatable bonds is 2. The minimum absolute atomic E-state index is 0.0570. The van der Waals surface area contributed by atoms with E-state index >= 15 is 0 Å². The fourth-order valence-corrected chi connectivity index (χ4v) is 4.77. The molecule has 4 heteroatoms. The Morgan fingerprint density at radius 2 is 2.08 bits per heavy atom. The van der Waals surface area contributed by atoms with Crippen LogP contribution in [0.25, 0.3) is 0 Å². The van der Waals surface area contributed by atoms with Gasteiger partial charge in [0.15, 0.2) is 12.2 Å². The topological polar surface area (TPSA) is 43.1 Å². The number of Topliss-reactive ketones (excluding diaryl/α,β-unsaturated/α-hetero) is 1. The molecule has 0 fully saturated rings. The van der Waals surface area contributed by atoms with Crippen LogP contribution < -0.4 is 0 Å². The third-order valence-corrected chi connectivity index (χ3v) is 5.65. The molecule has 0 saturated carbocycles. The van der Waals surface area contributed by atoms with Crippen molar-refractivity contribution in [2.24, 2.45) is 5.41 Å². The highest BCUT2D eigenvalue weighted by Crippen LogP contribution is 2.53. The highest BCUT2D eigenvalue weighted by atomic mass is 19.1. The Balaban J connectivity index is 2.04. The van der Waals surface area contributed by atoms with Crippen LogP contribution >= 0.6 is 0 Å². The van der Waals surface area contributed by atoms with Gasteiger partial charge in [-0.15, -0.1) is 0 Å². The van der Waals surface area contributed by atoms with Gasteiger partial charge in [-0.05, 0) is 36.0 Å². The lowest BCUT2D eigenvalue weighted by Crippen LogP contribution is -2.42. The van der Waals surface area contributed by atoms with Crippen LogP contribution in [0, 0.1) is 11.2 Å². The molecule has 1 aromatic heterocycles. The van der Waals surface area contributed by atoms with Crippen LogP contribution in [-0.2, 0) is 16.6 Å². The SMILES string of the molecule is CCC1(c2cccc(F)c2)C2=C(Cc3ncoc31)CC(C)(C)CC2=O. The second kappa shape index (κ2) is 5.38. The molecule has 1 heterocycles. The van der Waals surface area contributed by atoms with Crippen molar-refractivity contribution in [3.63, 3.8) is 0 Å². The molecule has 0 bridgehead atoms. The van der Waals surface area contributed by atoms with E-state index in [1.165, 1.54) is 18.5 Å². The van der Waals surface area contributed by atoms with Gasteiger partial charge in [-0.25, -0.2) is 9.37 Å². The van der Waals surface area contributed by atoms with E-state index in [2.05, 4.69) is 18.8 Å². The Morgan fingerprint density at radius 3 is 2.80 bits per heavy atom. The Kier molecular flexibility index (Phi) is 3.50. The predicted octanol–water partition coefficient (Wildman–Crippen LogP) is 4.75. The first-order valence-corrected chi connectivity index (χ1v) is 8.82. The summed E-state index contributed by atoms with van der Waals surface area (Å²) in [6, 6.07) is 6.54. The van der Waals surface area contributed by atoms with Crippen molar-refractivity contribution in [3.8, 4) is 0 Å². The number of allylic oxidation sites excluding steroid dienone is 2. The van der Waals surface area contributed by atoms with Crippen molar-refractivity contribution >= 4 is 5.78 Å². The summed E-state index contributed by atoms with van der Waals surface area (Å²) < 4.78 is 19.8. The first kappa shape index (κ1) is 16.2. The molecular formula is C21H22FNO2. The number of halogens is 1. The van der Waals surface area contributed by atoms with Gasteiger partial charge in [0.05, 0.1) is 11.1 Å². The summed E-state index contributed by atoms with van der Waals surface area (Å²) in [5.74, 6) is 0.550. The van der Waals surface area contributed by atoms with Gasteiger partial charge in [0.1, 0.15) is 11.6 Å². The van der Waals surface area contributed by atoms with E-state index in [1.807, 2.05) is 13.0 Å². The molecule has 1 atom stereocenters. The average molecular weight is 339 g/mol. The summed E-state index contributed by atoms with van der Waals surface area (Å²) in [4.78, 5) is 17.6. The smallest absolute Gasteiger partial charge is 0.181 e. The second-order valence-corrected chi connectivity index (χ2v) is 7.99. The van der Waals surface area contributed by atoms with Gasteiger partial charge in [0, 0.05) is 18.4 Å². The molecular weight excluding hydrogens is 317 g/mol. The van der Waals surface area contributed by atoms with Crippen LogP contribution in [0.1, 0.15) is 57.1 Å². The molecule has 2 aliphatic rings. The summed E-state index contributed by atoms with van der Waals surface area (Å²) in [6.07, 6.45) is 4.09. The van der Waals surface area contributed by atoms with E-state index in [1.54, 1.807) is 6.07 Å². The first-order valence-electron chi connectivity index (χ1n) is 8.82. The number of carbonyl (C=O) groups excluding carboxylic acids is 1. The molecule has 4 rings (SSSR count). The minimum atomic E-state index is -0.741. The Labute approximate surface area is 147 Å². The summed E-state index contributed by atoms with van der Waals surface area (Å²) in [5, 5.41) is 0. The standard InChI is InChI=1S/C21H22FNO2/c1-4-21(14-6-5-7-15(22)9-14)18-13(8-16-19(21)25-12-23-16)10-20(2,3)11-17(18)24/h5-7,9,12H,4,8,10-11H2,1-3H3. The summed E-state index contributed by atoms with van der Waals surface area (Å²) in [5.41, 5.74) is 2.79. The summed E-state index contributed by atoms with van der Waals surface area (Å²) in [6.45, 7) is 6.28. The van der Waals surface area contributed by atoms with E-state index in [0.29, 0.717) is 25.0 Å². The van der Waals surface area contributed by atoms with Crippen LogP contribution in [0.15, 0.2) is 46.2 Å². The van der Waals surface area contributed by atoms with Gasteiger partial charge in [0.25, 0.3) is 0 Å². The molecule has 0 aliphatic heterocycles. The van der Waals surface area contributed by atoms with Crippen LogP contribution in [0.5, 0.6) is 0 Å². The highest BCUT2D eigenvalue weighted by Gasteiger charge is 2.51. The van der Waals surface area contributed by atoms with Crippen LogP contribution in [0.2, 0.25) is 0 Å². The minimum Gasteiger partial charge on any atom is -0.447 e. The van der Waals surface area contributed by atoms with Crippen molar-refractivity contribution in [1.29, 1.82) is 0 Å². The van der Waals surface area contributed by atoms with Crippen LogP contribution in [-0.4, -0.2) is 10.8 Å². The average Bonchev–Trinajstić information content (AvgIpc) is 3.00. The number of oxazole rings is 1. The van der Waals surface area contributed by atoms with Gasteiger partial charge in [-0.2, -0.15) is 0 Å². The third-order valence-electron chi connectivity index (χ3n) is 5.65. The van der Waals surface area contributed by atoms with Gasteiger partial charge in [-0.1, -0.05) is 38.5 Å². The quantitative estimate of drug-likeness (QED) is 0.793. The molecule has 0 radical (unpaired) electrons. The van der Waals surface area contributed by atoms with Crippen molar-refractivity contribution in [1.82, 2.24) is 4.98 Å². The maximum absolute atomic E-state index is 14.0. The second-order valence-electron chi connectivity index (χ2n) is 7.99. The molecule has 0 saturated heterocycles. The molecule has 2 aliphatic carbocycles. The van der Waals surface area contributed by atoms with Gasteiger partial charge < -0.3 is 4.42 Å². The Bertz CT molecular complexity index is 893. The van der Waals surface area contributed by atoms with E-state index in [-0.39, 0.29) is 17.0 Å². The number of benzene rings is 1. The molecule has 25 heavy (non-hydrogen) atoms. The highest BCUT2D eigenvalue weighted by molar-refractivity contribution is 6.01. The maximum atomic E-state index is 14.0. The zero-order valence-corrected chi connectivity index (χ0v) is 14.9. The number of carbonyl (C=O) groups is 1. The fraction of sp³-hybridized carbons (Fsp3) is 0.429. The van der Waals surface area contributed by atoms with Gasteiger partial charge >= 0.3 is 0 Å². The number of fused-ring (bicyclic) bond motifs is 1. The number of nitrogens with zero attached hydrogens (tertiary/aromatic N) is 1. The first-order chi connectivity index (χ1) is 11.9. The number of hydrogen-bond donors (Lipinski definition) is 0. The molecule has 2 aromatic rings. The monoisotopic (exact) mass is 339 g/mol. The fourth-order valence-electron chi connectivity index (χ4n) is 4.77.